The molecule has 0 saturated carbocycles. The molecular weight excluding hydrogens is 272 g/mol. The average molecular weight is 286 g/mol. The monoisotopic (exact) mass is 286 g/mol. The average Bonchev–Trinajstić information content (AvgIpc) is 2.97. The zero-order valence-electron chi connectivity index (χ0n) is 11.2. The number of rotatable bonds is 3. The molecule has 1 N–H and O–H groups in total. The van der Waals surface area contributed by atoms with Gasteiger partial charge in [-0.1, -0.05) is 0 Å². The quantitative estimate of drug-likeness (QED) is 0.885. The van der Waals surface area contributed by atoms with Crippen LogP contribution in [0.4, 0.5) is 0 Å². The Morgan fingerprint density at radius 1 is 1.38 bits per heavy atom. The van der Waals surface area contributed by atoms with Crippen LogP contribution in [0.5, 0.6) is 5.88 Å². The number of carbonyl (C=O) groups excluding carboxylic acids is 1. The van der Waals surface area contributed by atoms with Crippen molar-refractivity contribution in [3.05, 3.63) is 52.8 Å². The van der Waals surface area contributed by atoms with Crippen molar-refractivity contribution >= 4 is 5.91 Å². The number of likely N-dealkylation sites (tertiary alicyclic amines) is 1. The number of ether oxygens (including phenoxy) is 1. The van der Waals surface area contributed by atoms with Crippen LogP contribution >= 0.6 is 0 Å². The molecule has 1 saturated heterocycles. The normalized spacial score (nSPS) is 17.7. The van der Waals surface area contributed by atoms with Crippen molar-refractivity contribution in [3.8, 4) is 5.88 Å². The van der Waals surface area contributed by atoms with Gasteiger partial charge < -0.3 is 14.6 Å². The second-order valence-electron chi connectivity index (χ2n) is 4.77. The smallest absolute Gasteiger partial charge is 0.255 e. The number of nitrogens with zero attached hydrogens (tertiary/aromatic N) is 3. The molecule has 2 aromatic heterocycles. The molecule has 1 atom stereocenters. The van der Waals surface area contributed by atoms with E-state index in [2.05, 4.69) is 15.0 Å². The highest BCUT2D eigenvalue weighted by Gasteiger charge is 2.28. The van der Waals surface area contributed by atoms with Crippen LogP contribution in [0, 0.1) is 0 Å². The lowest BCUT2D eigenvalue weighted by Gasteiger charge is -2.16. The second kappa shape index (κ2) is 5.74. The Bertz CT molecular complexity index is 666. The summed E-state index contributed by atoms with van der Waals surface area (Å²) in [6.45, 7) is 1.12. The van der Waals surface area contributed by atoms with E-state index in [1.165, 1.54) is 24.7 Å². The fourth-order valence-electron chi connectivity index (χ4n) is 2.25. The van der Waals surface area contributed by atoms with Gasteiger partial charge in [-0.15, -0.1) is 0 Å². The predicted molar refractivity (Wildman–Crippen MR) is 74.0 cm³/mol. The zero-order chi connectivity index (χ0) is 14.7. The Kier molecular flexibility index (Phi) is 3.63. The minimum atomic E-state index is -0.224. The first kappa shape index (κ1) is 13.3. The van der Waals surface area contributed by atoms with Crippen molar-refractivity contribution in [2.75, 3.05) is 13.1 Å². The van der Waals surface area contributed by atoms with E-state index in [9.17, 15) is 9.59 Å². The number of aromatic nitrogens is 3. The molecule has 3 rings (SSSR count). The van der Waals surface area contributed by atoms with E-state index in [4.69, 9.17) is 4.74 Å². The van der Waals surface area contributed by atoms with Crippen LogP contribution in [0.25, 0.3) is 0 Å². The van der Waals surface area contributed by atoms with Crippen LogP contribution in [0.3, 0.4) is 0 Å². The first-order chi connectivity index (χ1) is 10.2. The van der Waals surface area contributed by atoms with Gasteiger partial charge in [-0.25, -0.2) is 9.97 Å². The van der Waals surface area contributed by atoms with Gasteiger partial charge in [-0.2, -0.15) is 0 Å². The van der Waals surface area contributed by atoms with Gasteiger partial charge in [0.15, 0.2) is 0 Å². The van der Waals surface area contributed by atoms with Crippen LogP contribution in [-0.2, 0) is 0 Å². The molecule has 1 fully saturated rings. The lowest BCUT2D eigenvalue weighted by molar-refractivity contribution is 0.0770. The first-order valence-electron chi connectivity index (χ1n) is 6.63. The summed E-state index contributed by atoms with van der Waals surface area (Å²) >= 11 is 0. The van der Waals surface area contributed by atoms with Gasteiger partial charge in [0.25, 0.3) is 5.91 Å². The maximum Gasteiger partial charge on any atom is 0.255 e. The molecule has 108 valence electrons. The van der Waals surface area contributed by atoms with Crippen LogP contribution in [-0.4, -0.2) is 45.0 Å². The van der Waals surface area contributed by atoms with Crippen LogP contribution < -0.4 is 10.3 Å². The minimum absolute atomic E-state index is 0.0772. The highest BCUT2D eigenvalue weighted by atomic mass is 16.5. The minimum Gasteiger partial charge on any atom is -0.472 e. The van der Waals surface area contributed by atoms with Gasteiger partial charge in [-0.05, 0) is 6.07 Å². The van der Waals surface area contributed by atoms with Gasteiger partial charge in [0.1, 0.15) is 12.4 Å². The number of nitrogens with one attached hydrogen (secondary N) is 1. The topological polar surface area (TPSA) is 88.2 Å². The molecular formula is C14H14N4O3. The lowest BCUT2D eigenvalue weighted by atomic mass is 10.2. The molecule has 1 aliphatic heterocycles. The Hall–Kier alpha value is -2.70. The second-order valence-corrected chi connectivity index (χ2v) is 4.77. The summed E-state index contributed by atoms with van der Waals surface area (Å²) in [6, 6.07) is 4.56. The zero-order valence-corrected chi connectivity index (χ0v) is 11.2. The van der Waals surface area contributed by atoms with E-state index in [1.807, 2.05) is 0 Å². The fraction of sp³-hybridized carbons (Fsp3) is 0.286. The number of hydrogen-bond donors (Lipinski definition) is 1. The molecule has 21 heavy (non-hydrogen) atoms. The molecule has 0 spiro atoms. The van der Waals surface area contributed by atoms with Gasteiger partial charge in [0.05, 0.1) is 12.1 Å². The molecule has 0 bridgehead atoms. The maximum atomic E-state index is 12.3. The van der Waals surface area contributed by atoms with E-state index in [1.54, 1.807) is 17.2 Å². The van der Waals surface area contributed by atoms with Crippen molar-refractivity contribution in [2.45, 2.75) is 12.5 Å². The molecule has 0 radical (unpaired) electrons. The molecule has 0 aliphatic carbocycles. The summed E-state index contributed by atoms with van der Waals surface area (Å²) in [4.78, 5) is 35.3. The number of pyridine rings is 1. The molecule has 1 amide bonds. The van der Waals surface area contributed by atoms with E-state index >= 15 is 0 Å². The SMILES string of the molecule is O=C(c1ccc(=O)[nH]c1)N1CCC(Oc2ccncn2)C1. The maximum absolute atomic E-state index is 12.3. The van der Waals surface area contributed by atoms with E-state index in [-0.39, 0.29) is 17.6 Å². The van der Waals surface area contributed by atoms with Crippen molar-refractivity contribution in [1.29, 1.82) is 0 Å². The van der Waals surface area contributed by atoms with Gasteiger partial charge >= 0.3 is 0 Å². The molecule has 1 unspecified atom stereocenters. The molecule has 1 aliphatic rings. The summed E-state index contributed by atoms with van der Waals surface area (Å²) < 4.78 is 5.71. The van der Waals surface area contributed by atoms with Crippen molar-refractivity contribution < 1.29 is 9.53 Å². The molecule has 0 aromatic carbocycles. The van der Waals surface area contributed by atoms with Crippen LogP contribution in [0.2, 0.25) is 0 Å². The lowest BCUT2D eigenvalue weighted by Crippen LogP contribution is -2.31. The van der Waals surface area contributed by atoms with Crippen molar-refractivity contribution in [3.63, 3.8) is 0 Å². The third-order valence-corrected chi connectivity index (χ3v) is 3.31. The number of carbonyl (C=O) groups is 1. The van der Waals surface area contributed by atoms with Gasteiger partial charge in [-0.3, -0.25) is 9.59 Å². The number of hydrogen-bond acceptors (Lipinski definition) is 5. The van der Waals surface area contributed by atoms with Gasteiger partial charge in [0.2, 0.25) is 11.4 Å². The Balaban J connectivity index is 1.63. The molecule has 7 heteroatoms. The van der Waals surface area contributed by atoms with Crippen LogP contribution in [0.1, 0.15) is 16.8 Å². The van der Waals surface area contributed by atoms with Crippen LogP contribution in [0.15, 0.2) is 41.7 Å². The molecule has 7 nitrogen and oxygen atoms in total. The Labute approximate surface area is 120 Å². The van der Waals surface area contributed by atoms with E-state index < -0.39 is 0 Å². The summed E-state index contributed by atoms with van der Waals surface area (Å²) in [6.07, 6.45) is 5.14. The van der Waals surface area contributed by atoms with E-state index in [0.29, 0.717) is 24.5 Å². The van der Waals surface area contributed by atoms with Gasteiger partial charge in [0, 0.05) is 37.5 Å². The third-order valence-electron chi connectivity index (χ3n) is 3.31. The first-order valence-corrected chi connectivity index (χ1v) is 6.63. The van der Waals surface area contributed by atoms with Crippen molar-refractivity contribution in [2.24, 2.45) is 0 Å². The summed E-state index contributed by atoms with van der Waals surface area (Å²) in [7, 11) is 0. The highest BCUT2D eigenvalue weighted by molar-refractivity contribution is 5.94. The number of H-pyrrole nitrogens is 1. The predicted octanol–water partition coefficient (Wildman–Crippen LogP) is 0.458. The standard InChI is InChI=1S/C14H14N4O3/c19-12-2-1-10(7-16-12)14(20)18-6-4-11(8-18)21-13-3-5-15-9-17-13/h1-3,5,7,9,11H,4,6,8H2,(H,16,19). The molecule has 2 aromatic rings. The summed E-state index contributed by atoms with van der Waals surface area (Å²) in [5, 5.41) is 0. The van der Waals surface area contributed by atoms with E-state index in [0.717, 1.165) is 6.42 Å². The Morgan fingerprint density at radius 2 is 2.29 bits per heavy atom. The molecule has 3 heterocycles. The largest absolute Gasteiger partial charge is 0.472 e. The number of aromatic amines is 1. The number of amides is 1. The summed E-state index contributed by atoms with van der Waals surface area (Å²) in [5.41, 5.74) is 0.246. The third kappa shape index (κ3) is 3.07. The van der Waals surface area contributed by atoms with Crippen molar-refractivity contribution in [1.82, 2.24) is 19.9 Å². The fourth-order valence-corrected chi connectivity index (χ4v) is 2.25. The summed E-state index contributed by atoms with van der Waals surface area (Å²) in [5.74, 6) is 0.397. The highest BCUT2D eigenvalue weighted by Crippen LogP contribution is 2.17. The Morgan fingerprint density at radius 3 is 3.00 bits per heavy atom.